The zero-order chi connectivity index (χ0) is 17.3. The van der Waals surface area contributed by atoms with E-state index in [1.165, 1.54) is 35.1 Å². The van der Waals surface area contributed by atoms with Gasteiger partial charge in [0, 0.05) is 6.61 Å². The molecule has 0 aliphatic heterocycles. The largest absolute Gasteiger partial charge is 0.494 e. The Hall–Kier alpha value is -2.06. The zero-order valence-electron chi connectivity index (χ0n) is 14.9. The Morgan fingerprint density at radius 3 is 2.56 bits per heavy atom. The molecule has 0 unspecified atom stereocenters. The van der Waals surface area contributed by atoms with Crippen LogP contribution in [0, 0.1) is 0 Å². The molecule has 0 fully saturated rings. The van der Waals surface area contributed by atoms with E-state index in [0.29, 0.717) is 0 Å². The number of hydrogen-bond acceptors (Lipinski definition) is 2. The van der Waals surface area contributed by atoms with Gasteiger partial charge in [0.1, 0.15) is 5.75 Å². The van der Waals surface area contributed by atoms with E-state index in [4.69, 9.17) is 9.84 Å². The number of aliphatic hydroxyl groups excluding tert-OH is 1. The summed E-state index contributed by atoms with van der Waals surface area (Å²) in [6.07, 6.45) is 9.95. The summed E-state index contributed by atoms with van der Waals surface area (Å²) in [4.78, 5) is 0. The van der Waals surface area contributed by atoms with Gasteiger partial charge in [-0.25, -0.2) is 0 Å². The van der Waals surface area contributed by atoms with Gasteiger partial charge in [-0.15, -0.1) is 0 Å². The third-order valence-electron chi connectivity index (χ3n) is 4.80. The number of ether oxygens (including phenoxy) is 1. The smallest absolute Gasteiger partial charge is 0.119 e. The number of aliphatic hydroxyl groups is 1. The van der Waals surface area contributed by atoms with Gasteiger partial charge < -0.3 is 9.84 Å². The first-order valence-corrected chi connectivity index (χ1v) is 9.49. The number of unbranched alkanes of at least 4 members (excludes halogenated alkanes) is 2. The van der Waals surface area contributed by atoms with Gasteiger partial charge in [-0.2, -0.15) is 0 Å². The Morgan fingerprint density at radius 2 is 1.72 bits per heavy atom. The van der Waals surface area contributed by atoms with Crippen molar-refractivity contribution < 1.29 is 9.84 Å². The van der Waals surface area contributed by atoms with Crippen molar-refractivity contribution in [1.82, 2.24) is 0 Å². The fourth-order valence-electron chi connectivity index (χ4n) is 3.38. The predicted octanol–water partition coefficient (Wildman–Crippen LogP) is 5.50. The molecule has 0 bridgehead atoms. The van der Waals surface area contributed by atoms with Crippen molar-refractivity contribution in [3.63, 3.8) is 0 Å². The Kier molecular flexibility index (Phi) is 6.70. The van der Waals surface area contributed by atoms with E-state index < -0.39 is 0 Å². The maximum Gasteiger partial charge on any atom is 0.119 e. The van der Waals surface area contributed by atoms with E-state index in [9.17, 15) is 0 Å². The number of fused-ring (bicyclic) bond motifs is 1. The fourth-order valence-corrected chi connectivity index (χ4v) is 3.38. The number of benzene rings is 2. The molecule has 1 aliphatic rings. The van der Waals surface area contributed by atoms with Gasteiger partial charge >= 0.3 is 0 Å². The molecule has 0 atom stereocenters. The molecule has 2 heteroatoms. The molecule has 0 radical (unpaired) electrons. The van der Waals surface area contributed by atoms with E-state index in [0.717, 1.165) is 44.5 Å². The van der Waals surface area contributed by atoms with Gasteiger partial charge in [0.25, 0.3) is 0 Å². The van der Waals surface area contributed by atoms with Crippen molar-refractivity contribution >= 4 is 11.6 Å². The SMILES string of the molecule is OCCCCCOc1ccc2c(c1)CCCCC(c1ccccc1)=C2. The second-order valence-electron chi connectivity index (χ2n) is 6.74. The lowest BCUT2D eigenvalue weighted by Crippen LogP contribution is -2.01. The van der Waals surface area contributed by atoms with Crippen LogP contribution >= 0.6 is 0 Å². The molecule has 1 aliphatic carbocycles. The highest BCUT2D eigenvalue weighted by Gasteiger charge is 2.10. The molecule has 25 heavy (non-hydrogen) atoms. The summed E-state index contributed by atoms with van der Waals surface area (Å²) in [7, 11) is 0. The lowest BCUT2D eigenvalue weighted by Gasteiger charge is -2.16. The van der Waals surface area contributed by atoms with Crippen LogP contribution in [-0.2, 0) is 6.42 Å². The minimum Gasteiger partial charge on any atom is -0.494 e. The van der Waals surface area contributed by atoms with Gasteiger partial charge in [-0.1, -0.05) is 42.5 Å². The number of allylic oxidation sites excluding steroid dienone is 1. The van der Waals surface area contributed by atoms with Crippen LogP contribution in [-0.4, -0.2) is 18.3 Å². The molecule has 2 nitrogen and oxygen atoms in total. The molecule has 0 saturated heterocycles. The summed E-state index contributed by atoms with van der Waals surface area (Å²) in [6.45, 7) is 0.999. The summed E-state index contributed by atoms with van der Waals surface area (Å²) < 4.78 is 5.90. The van der Waals surface area contributed by atoms with Gasteiger partial charge in [-0.05, 0) is 79.3 Å². The Bertz CT molecular complexity index is 688. The van der Waals surface area contributed by atoms with Crippen molar-refractivity contribution in [2.75, 3.05) is 13.2 Å². The van der Waals surface area contributed by atoms with Crippen LogP contribution < -0.4 is 4.74 Å². The Labute approximate surface area is 151 Å². The number of hydrogen-bond donors (Lipinski definition) is 1. The van der Waals surface area contributed by atoms with E-state index in [1.54, 1.807) is 0 Å². The zero-order valence-corrected chi connectivity index (χ0v) is 14.9. The first-order valence-electron chi connectivity index (χ1n) is 9.49. The molecule has 1 N–H and O–H groups in total. The molecule has 3 rings (SSSR count). The average Bonchev–Trinajstić information content (AvgIpc) is 2.63. The molecular weight excluding hydrogens is 308 g/mol. The summed E-state index contributed by atoms with van der Waals surface area (Å²) >= 11 is 0. The highest BCUT2D eigenvalue weighted by atomic mass is 16.5. The van der Waals surface area contributed by atoms with Crippen LogP contribution in [0.15, 0.2) is 48.5 Å². The second-order valence-corrected chi connectivity index (χ2v) is 6.74. The van der Waals surface area contributed by atoms with E-state index in [-0.39, 0.29) is 6.61 Å². The third kappa shape index (κ3) is 5.20. The van der Waals surface area contributed by atoms with Crippen molar-refractivity contribution in [2.45, 2.75) is 44.9 Å². The van der Waals surface area contributed by atoms with Crippen LogP contribution in [0.1, 0.15) is 55.2 Å². The molecule has 2 aromatic carbocycles. The highest BCUT2D eigenvalue weighted by molar-refractivity contribution is 5.82. The maximum atomic E-state index is 8.82. The lowest BCUT2D eigenvalue weighted by atomic mass is 9.91. The van der Waals surface area contributed by atoms with E-state index in [2.05, 4.69) is 54.6 Å². The lowest BCUT2D eigenvalue weighted by molar-refractivity contribution is 0.266. The van der Waals surface area contributed by atoms with E-state index in [1.807, 2.05) is 0 Å². The molecule has 0 saturated carbocycles. The summed E-state index contributed by atoms with van der Waals surface area (Å²) in [5.41, 5.74) is 5.48. The molecule has 0 spiro atoms. The quantitative estimate of drug-likeness (QED) is 0.677. The predicted molar refractivity (Wildman–Crippen MR) is 105 cm³/mol. The van der Waals surface area contributed by atoms with Crippen LogP contribution in [0.4, 0.5) is 0 Å². The normalized spacial score (nSPS) is 14.2. The minimum absolute atomic E-state index is 0.273. The standard InChI is InChI=1S/C23H28O2/c24-15-7-2-8-16-25-23-14-13-22-17-20(19-9-3-1-4-10-19)11-5-6-12-21(22)18-23/h1,3-4,9-10,13-14,17-18,24H,2,5-8,11-12,15-16H2. The van der Waals surface area contributed by atoms with Crippen LogP contribution in [0.3, 0.4) is 0 Å². The maximum absolute atomic E-state index is 8.82. The van der Waals surface area contributed by atoms with E-state index >= 15 is 0 Å². The van der Waals surface area contributed by atoms with Gasteiger partial charge in [0.15, 0.2) is 0 Å². The summed E-state index contributed by atoms with van der Waals surface area (Å²) in [5, 5.41) is 8.82. The first-order chi connectivity index (χ1) is 12.4. The summed E-state index contributed by atoms with van der Waals surface area (Å²) in [5.74, 6) is 0.970. The molecule has 132 valence electrons. The number of aryl methyl sites for hydroxylation is 1. The molecule has 0 amide bonds. The van der Waals surface area contributed by atoms with Gasteiger partial charge in [0.05, 0.1) is 6.61 Å². The monoisotopic (exact) mass is 336 g/mol. The molecular formula is C23H28O2. The van der Waals surface area contributed by atoms with Crippen LogP contribution in [0.5, 0.6) is 5.75 Å². The number of rotatable bonds is 7. The third-order valence-corrected chi connectivity index (χ3v) is 4.80. The topological polar surface area (TPSA) is 29.5 Å². The highest BCUT2D eigenvalue weighted by Crippen LogP contribution is 2.30. The summed E-state index contributed by atoms with van der Waals surface area (Å²) in [6, 6.07) is 17.2. The minimum atomic E-state index is 0.273. The average molecular weight is 336 g/mol. The molecule has 0 aromatic heterocycles. The van der Waals surface area contributed by atoms with Gasteiger partial charge in [0.2, 0.25) is 0 Å². The van der Waals surface area contributed by atoms with Crippen LogP contribution in [0.25, 0.3) is 11.6 Å². The second kappa shape index (κ2) is 9.43. The first kappa shape index (κ1) is 17.8. The van der Waals surface area contributed by atoms with Crippen molar-refractivity contribution in [3.8, 4) is 5.75 Å². The fraction of sp³-hybridized carbons (Fsp3) is 0.391. The van der Waals surface area contributed by atoms with Crippen LogP contribution in [0.2, 0.25) is 0 Å². The van der Waals surface area contributed by atoms with Gasteiger partial charge in [-0.3, -0.25) is 0 Å². The van der Waals surface area contributed by atoms with Crippen molar-refractivity contribution in [3.05, 3.63) is 65.2 Å². The molecule has 0 heterocycles. The van der Waals surface area contributed by atoms with Crippen molar-refractivity contribution in [1.29, 1.82) is 0 Å². The molecule has 2 aromatic rings. The van der Waals surface area contributed by atoms with Crippen molar-refractivity contribution in [2.24, 2.45) is 0 Å². The Morgan fingerprint density at radius 1 is 0.880 bits per heavy atom. The Balaban J connectivity index is 1.73.